The van der Waals surface area contributed by atoms with Gasteiger partial charge >= 0.3 is 0 Å². The zero-order valence-corrected chi connectivity index (χ0v) is 17.9. The van der Waals surface area contributed by atoms with Crippen LogP contribution in [0.4, 0.5) is 0 Å². The summed E-state index contributed by atoms with van der Waals surface area (Å²) in [5.74, 6) is 1.63. The zero-order valence-electron chi connectivity index (χ0n) is 16.4. The number of piperidine rings is 1. The van der Waals surface area contributed by atoms with Gasteiger partial charge in [-0.25, -0.2) is 0 Å². The number of aliphatic imine (C=N–C) groups is 1. The van der Waals surface area contributed by atoms with Crippen LogP contribution in [0, 0.1) is 5.92 Å². The molecule has 1 aliphatic rings. The highest BCUT2D eigenvalue weighted by atomic mass is 35.5. The molecule has 1 saturated heterocycles. The van der Waals surface area contributed by atoms with Crippen molar-refractivity contribution >= 4 is 35.1 Å². The van der Waals surface area contributed by atoms with Crippen molar-refractivity contribution in [3.8, 4) is 0 Å². The third-order valence-corrected chi connectivity index (χ3v) is 5.67. The molecule has 1 aromatic carbocycles. The van der Waals surface area contributed by atoms with Crippen molar-refractivity contribution in [3.05, 3.63) is 33.8 Å². The monoisotopic (exact) mass is 412 g/mol. The van der Waals surface area contributed by atoms with Crippen LogP contribution in [-0.2, 0) is 4.79 Å². The minimum Gasteiger partial charge on any atom is -0.359 e. The van der Waals surface area contributed by atoms with Crippen molar-refractivity contribution in [2.24, 2.45) is 10.9 Å². The topological polar surface area (TPSA) is 56.7 Å². The number of amides is 1. The molecule has 1 heterocycles. The van der Waals surface area contributed by atoms with Gasteiger partial charge in [-0.1, -0.05) is 36.2 Å². The van der Waals surface area contributed by atoms with Crippen molar-refractivity contribution in [3.63, 3.8) is 0 Å². The Kier molecular flexibility index (Phi) is 8.71. The third kappa shape index (κ3) is 6.28. The van der Waals surface area contributed by atoms with Gasteiger partial charge in [0.2, 0.25) is 5.91 Å². The van der Waals surface area contributed by atoms with Gasteiger partial charge in [0.1, 0.15) is 0 Å². The normalized spacial score (nSPS) is 16.9. The van der Waals surface area contributed by atoms with Crippen LogP contribution >= 0.6 is 23.2 Å². The quantitative estimate of drug-likeness (QED) is 0.549. The van der Waals surface area contributed by atoms with Crippen molar-refractivity contribution in [1.82, 2.24) is 15.5 Å². The van der Waals surface area contributed by atoms with E-state index in [9.17, 15) is 4.79 Å². The van der Waals surface area contributed by atoms with Gasteiger partial charge in [0.05, 0.1) is 0 Å². The maximum atomic E-state index is 11.6. The highest BCUT2D eigenvalue weighted by Crippen LogP contribution is 2.31. The summed E-state index contributed by atoms with van der Waals surface area (Å²) in [6, 6.07) is 5.59. The van der Waals surface area contributed by atoms with Gasteiger partial charge in [-0.15, -0.1) is 0 Å². The Morgan fingerprint density at radius 2 is 1.93 bits per heavy atom. The molecule has 27 heavy (non-hydrogen) atoms. The van der Waals surface area contributed by atoms with Crippen LogP contribution in [0.2, 0.25) is 10.0 Å². The van der Waals surface area contributed by atoms with Crippen molar-refractivity contribution in [2.75, 3.05) is 33.2 Å². The minimum atomic E-state index is 0.125. The van der Waals surface area contributed by atoms with E-state index in [1.165, 1.54) is 0 Å². The molecule has 0 radical (unpaired) electrons. The molecule has 0 spiro atoms. The lowest BCUT2D eigenvalue weighted by atomic mass is 9.93. The first-order valence-electron chi connectivity index (χ1n) is 9.64. The maximum absolute atomic E-state index is 11.6. The van der Waals surface area contributed by atoms with E-state index >= 15 is 0 Å². The average Bonchev–Trinajstić information content (AvgIpc) is 2.65. The molecule has 0 saturated carbocycles. The molecule has 2 N–H and O–H groups in total. The van der Waals surface area contributed by atoms with Crippen LogP contribution in [0.1, 0.15) is 44.6 Å². The van der Waals surface area contributed by atoms with Crippen molar-refractivity contribution in [1.29, 1.82) is 0 Å². The van der Waals surface area contributed by atoms with Crippen LogP contribution in [0.15, 0.2) is 23.2 Å². The van der Waals surface area contributed by atoms with E-state index in [-0.39, 0.29) is 11.8 Å². The fraction of sp³-hybridized carbons (Fsp3) is 0.600. The summed E-state index contributed by atoms with van der Waals surface area (Å²) in [5, 5.41) is 7.47. The van der Waals surface area contributed by atoms with Crippen LogP contribution in [0.3, 0.4) is 0 Å². The molecule has 5 nitrogen and oxygen atoms in total. The average molecular weight is 413 g/mol. The van der Waals surface area contributed by atoms with E-state index in [1.807, 2.05) is 18.2 Å². The number of halogens is 2. The molecule has 1 aromatic rings. The van der Waals surface area contributed by atoms with Gasteiger partial charge < -0.3 is 15.5 Å². The van der Waals surface area contributed by atoms with E-state index < -0.39 is 0 Å². The molecule has 0 aliphatic carbocycles. The molecule has 1 unspecified atom stereocenters. The first-order valence-corrected chi connectivity index (χ1v) is 10.4. The summed E-state index contributed by atoms with van der Waals surface area (Å²) in [6.45, 7) is 7.42. The lowest BCUT2D eigenvalue weighted by Crippen LogP contribution is -2.46. The zero-order chi connectivity index (χ0) is 19.8. The molecular formula is C20H30Cl2N4O. The second-order valence-electron chi connectivity index (χ2n) is 7.04. The third-order valence-electron chi connectivity index (χ3n) is 5.01. The molecule has 1 aliphatic heterocycles. The van der Waals surface area contributed by atoms with Gasteiger partial charge in [-0.05, 0) is 43.4 Å². The van der Waals surface area contributed by atoms with Gasteiger partial charge in [-0.2, -0.15) is 0 Å². The number of nitrogens with zero attached hydrogens (tertiary/aromatic N) is 2. The van der Waals surface area contributed by atoms with Crippen LogP contribution in [0.5, 0.6) is 0 Å². The number of hydrogen-bond acceptors (Lipinski definition) is 2. The van der Waals surface area contributed by atoms with Crippen LogP contribution < -0.4 is 10.6 Å². The van der Waals surface area contributed by atoms with E-state index in [1.54, 1.807) is 7.05 Å². The van der Waals surface area contributed by atoms with Gasteiger partial charge in [0.15, 0.2) is 5.96 Å². The second-order valence-corrected chi connectivity index (χ2v) is 7.85. The second kappa shape index (κ2) is 10.8. The Balaban J connectivity index is 1.99. The van der Waals surface area contributed by atoms with E-state index in [0.29, 0.717) is 28.9 Å². The van der Waals surface area contributed by atoms with Crippen LogP contribution in [-0.4, -0.2) is 50.0 Å². The van der Waals surface area contributed by atoms with Gasteiger partial charge in [0, 0.05) is 55.6 Å². The number of carbonyl (C=O) groups is 1. The van der Waals surface area contributed by atoms with Crippen molar-refractivity contribution in [2.45, 2.75) is 39.0 Å². The first kappa shape index (κ1) is 21.8. The molecular weight excluding hydrogens is 383 g/mol. The van der Waals surface area contributed by atoms with E-state index in [4.69, 9.17) is 28.2 Å². The Morgan fingerprint density at radius 1 is 1.30 bits per heavy atom. The summed E-state index contributed by atoms with van der Waals surface area (Å²) < 4.78 is 0. The number of benzene rings is 1. The van der Waals surface area contributed by atoms with Crippen molar-refractivity contribution < 1.29 is 4.79 Å². The highest BCUT2D eigenvalue weighted by molar-refractivity contribution is 6.36. The summed E-state index contributed by atoms with van der Waals surface area (Å²) >= 11 is 12.7. The van der Waals surface area contributed by atoms with Gasteiger partial charge in [-0.3, -0.25) is 9.79 Å². The highest BCUT2D eigenvalue weighted by Gasteiger charge is 2.23. The van der Waals surface area contributed by atoms with Crippen LogP contribution in [0.25, 0.3) is 0 Å². The number of hydrogen-bond donors (Lipinski definition) is 2. The number of nitrogens with one attached hydrogen (secondary N) is 2. The number of guanidine groups is 1. The van der Waals surface area contributed by atoms with E-state index in [0.717, 1.165) is 44.0 Å². The molecule has 7 heteroatoms. The standard InChI is InChI=1S/C20H30Cl2N4O/c1-4-24-20(26-10-8-15(9-11-26)12-18(27)23-3)25-13-14(2)19-16(21)6-5-7-17(19)22/h5-7,14-15H,4,8-13H2,1-3H3,(H,23,27)(H,24,25). The summed E-state index contributed by atoms with van der Waals surface area (Å²) in [4.78, 5) is 18.7. The smallest absolute Gasteiger partial charge is 0.220 e. The SMILES string of the molecule is CCNC(=NCC(C)c1c(Cl)cccc1Cl)N1CCC(CC(=O)NC)CC1. The lowest BCUT2D eigenvalue weighted by Gasteiger charge is -2.34. The summed E-state index contributed by atoms with van der Waals surface area (Å²) in [7, 11) is 1.69. The molecule has 2 rings (SSSR count). The minimum absolute atomic E-state index is 0.125. The first-order chi connectivity index (χ1) is 13.0. The largest absolute Gasteiger partial charge is 0.359 e. The molecule has 1 amide bonds. The Bertz CT molecular complexity index is 637. The number of carbonyl (C=O) groups excluding carboxylic acids is 1. The molecule has 150 valence electrons. The molecule has 1 atom stereocenters. The molecule has 1 fully saturated rings. The fourth-order valence-corrected chi connectivity index (χ4v) is 4.21. The molecule has 0 aromatic heterocycles. The number of likely N-dealkylation sites (tertiary alicyclic amines) is 1. The fourth-order valence-electron chi connectivity index (χ4n) is 3.44. The Morgan fingerprint density at radius 3 is 2.48 bits per heavy atom. The Labute approximate surface area is 172 Å². The lowest BCUT2D eigenvalue weighted by molar-refractivity contribution is -0.121. The van der Waals surface area contributed by atoms with E-state index in [2.05, 4.69) is 29.4 Å². The van der Waals surface area contributed by atoms with Gasteiger partial charge in [0.25, 0.3) is 0 Å². The summed E-state index contributed by atoms with van der Waals surface area (Å²) in [5.41, 5.74) is 0.949. The Hall–Kier alpha value is -1.46. The summed E-state index contributed by atoms with van der Waals surface area (Å²) in [6.07, 6.45) is 2.62. The predicted octanol–water partition coefficient (Wildman–Crippen LogP) is 3.91. The maximum Gasteiger partial charge on any atom is 0.220 e. The number of rotatable bonds is 6. The molecule has 0 bridgehead atoms. The predicted molar refractivity (Wildman–Crippen MR) is 114 cm³/mol.